The third kappa shape index (κ3) is 1.92. The lowest BCUT2D eigenvalue weighted by Gasteiger charge is -2.57. The standard InChI is InChI=1S/C18H21NO/c19-11-16-6-12(1-2-17(16)20)7-18-8-13-3-14(9-18)5-15(4-13)10-18/h1-2,6,13-15,20H,3-5,7-10H2. The van der Waals surface area contributed by atoms with Gasteiger partial charge in [-0.25, -0.2) is 0 Å². The maximum absolute atomic E-state index is 9.64. The van der Waals surface area contributed by atoms with E-state index in [1.165, 1.54) is 44.1 Å². The highest BCUT2D eigenvalue weighted by atomic mass is 16.3. The molecule has 1 aromatic rings. The van der Waals surface area contributed by atoms with Crippen LogP contribution in [0.3, 0.4) is 0 Å². The molecule has 4 fully saturated rings. The Bertz CT molecular complexity index is 548. The number of nitrogens with zero attached hydrogens (tertiary/aromatic N) is 1. The molecule has 0 heterocycles. The minimum absolute atomic E-state index is 0.113. The van der Waals surface area contributed by atoms with Gasteiger partial charge in [0.15, 0.2) is 0 Å². The molecule has 2 heteroatoms. The lowest BCUT2D eigenvalue weighted by Crippen LogP contribution is -2.47. The highest BCUT2D eigenvalue weighted by Crippen LogP contribution is 2.61. The van der Waals surface area contributed by atoms with E-state index in [4.69, 9.17) is 5.26 Å². The van der Waals surface area contributed by atoms with Crippen molar-refractivity contribution < 1.29 is 5.11 Å². The van der Waals surface area contributed by atoms with Gasteiger partial charge in [0.25, 0.3) is 0 Å². The van der Waals surface area contributed by atoms with Crippen LogP contribution in [-0.2, 0) is 6.42 Å². The molecule has 4 bridgehead atoms. The molecule has 0 aromatic heterocycles. The molecule has 2 nitrogen and oxygen atoms in total. The number of phenols is 1. The van der Waals surface area contributed by atoms with E-state index in [-0.39, 0.29) is 5.75 Å². The average molecular weight is 267 g/mol. The number of nitriles is 1. The third-order valence-corrected chi connectivity index (χ3v) is 5.93. The predicted octanol–water partition coefficient (Wildman–Crippen LogP) is 4.02. The summed E-state index contributed by atoms with van der Waals surface area (Å²) in [5.41, 5.74) is 2.16. The van der Waals surface area contributed by atoms with Crippen molar-refractivity contribution in [3.8, 4) is 11.8 Å². The second-order valence-corrected chi connectivity index (χ2v) is 7.56. The van der Waals surface area contributed by atoms with Gasteiger partial charge >= 0.3 is 0 Å². The minimum Gasteiger partial charge on any atom is -0.507 e. The van der Waals surface area contributed by atoms with Crippen LogP contribution in [-0.4, -0.2) is 5.11 Å². The van der Waals surface area contributed by atoms with Gasteiger partial charge in [-0.3, -0.25) is 0 Å². The van der Waals surface area contributed by atoms with E-state index in [0.717, 1.165) is 24.2 Å². The molecule has 4 aliphatic rings. The van der Waals surface area contributed by atoms with Gasteiger partial charge < -0.3 is 5.11 Å². The quantitative estimate of drug-likeness (QED) is 0.879. The Morgan fingerprint density at radius 1 is 1.10 bits per heavy atom. The van der Waals surface area contributed by atoms with E-state index in [1.807, 2.05) is 12.1 Å². The fourth-order valence-corrected chi connectivity index (χ4v) is 5.72. The Hall–Kier alpha value is -1.49. The van der Waals surface area contributed by atoms with Crippen molar-refractivity contribution in [3.05, 3.63) is 29.3 Å². The van der Waals surface area contributed by atoms with E-state index in [1.54, 1.807) is 6.07 Å². The third-order valence-electron chi connectivity index (χ3n) is 5.93. The molecule has 0 atom stereocenters. The summed E-state index contributed by atoms with van der Waals surface area (Å²) >= 11 is 0. The Kier molecular flexibility index (Phi) is 2.61. The topological polar surface area (TPSA) is 44.0 Å². The minimum atomic E-state index is 0.113. The maximum Gasteiger partial charge on any atom is 0.133 e. The van der Waals surface area contributed by atoms with Crippen LogP contribution >= 0.6 is 0 Å². The average Bonchev–Trinajstić information content (AvgIpc) is 2.39. The molecule has 0 radical (unpaired) electrons. The van der Waals surface area contributed by atoms with E-state index < -0.39 is 0 Å². The van der Waals surface area contributed by atoms with Crippen LogP contribution in [0.25, 0.3) is 0 Å². The maximum atomic E-state index is 9.64. The van der Waals surface area contributed by atoms with Crippen LogP contribution in [0.5, 0.6) is 5.75 Å². The Morgan fingerprint density at radius 2 is 1.70 bits per heavy atom. The fourth-order valence-electron chi connectivity index (χ4n) is 5.72. The number of rotatable bonds is 2. The fraction of sp³-hybridized carbons (Fsp3) is 0.611. The smallest absolute Gasteiger partial charge is 0.133 e. The second-order valence-electron chi connectivity index (χ2n) is 7.56. The predicted molar refractivity (Wildman–Crippen MR) is 77.1 cm³/mol. The molecule has 4 saturated carbocycles. The number of aromatic hydroxyl groups is 1. The monoisotopic (exact) mass is 267 g/mol. The molecule has 1 aromatic carbocycles. The zero-order valence-corrected chi connectivity index (χ0v) is 11.8. The first-order chi connectivity index (χ1) is 9.66. The van der Waals surface area contributed by atoms with Crippen molar-refractivity contribution in [3.63, 3.8) is 0 Å². The van der Waals surface area contributed by atoms with Crippen molar-refractivity contribution >= 4 is 0 Å². The van der Waals surface area contributed by atoms with Gasteiger partial charge in [-0.15, -0.1) is 0 Å². The summed E-state index contributed by atoms with van der Waals surface area (Å²) in [4.78, 5) is 0. The van der Waals surface area contributed by atoms with Crippen LogP contribution in [0, 0.1) is 34.5 Å². The van der Waals surface area contributed by atoms with Gasteiger partial charge in [-0.2, -0.15) is 5.26 Å². The molecule has 0 amide bonds. The molecule has 0 spiro atoms. The lowest BCUT2D eigenvalue weighted by atomic mass is 9.48. The zero-order valence-electron chi connectivity index (χ0n) is 11.8. The van der Waals surface area contributed by atoms with Crippen molar-refractivity contribution in [1.82, 2.24) is 0 Å². The summed E-state index contributed by atoms with van der Waals surface area (Å²) in [5, 5.41) is 18.7. The molecule has 5 rings (SSSR count). The number of phenolic OH excluding ortho intramolecular Hbond substituents is 1. The normalized spacial score (nSPS) is 37.9. The van der Waals surface area contributed by atoms with Gasteiger partial charge in [-0.05, 0) is 85.8 Å². The van der Waals surface area contributed by atoms with Crippen molar-refractivity contribution in [2.75, 3.05) is 0 Å². The summed E-state index contributed by atoms with van der Waals surface area (Å²) in [6.07, 6.45) is 9.69. The molecular weight excluding hydrogens is 246 g/mol. The summed E-state index contributed by atoms with van der Waals surface area (Å²) < 4.78 is 0. The summed E-state index contributed by atoms with van der Waals surface area (Å²) in [6.45, 7) is 0. The second kappa shape index (κ2) is 4.25. The Labute approximate surface area is 120 Å². The molecular formula is C18H21NO. The van der Waals surface area contributed by atoms with Crippen molar-refractivity contribution in [2.24, 2.45) is 23.2 Å². The zero-order chi connectivity index (χ0) is 13.7. The van der Waals surface area contributed by atoms with E-state index in [0.29, 0.717) is 11.0 Å². The first-order valence-corrected chi connectivity index (χ1v) is 7.88. The van der Waals surface area contributed by atoms with Gasteiger partial charge in [0.1, 0.15) is 11.8 Å². The van der Waals surface area contributed by atoms with Crippen LogP contribution in [0.1, 0.15) is 49.7 Å². The van der Waals surface area contributed by atoms with Crippen LogP contribution in [0.15, 0.2) is 18.2 Å². The summed E-state index contributed by atoms with van der Waals surface area (Å²) in [7, 11) is 0. The van der Waals surface area contributed by atoms with Crippen molar-refractivity contribution in [1.29, 1.82) is 5.26 Å². The number of benzene rings is 1. The molecule has 4 aliphatic carbocycles. The highest BCUT2D eigenvalue weighted by molar-refractivity contribution is 5.44. The SMILES string of the molecule is N#Cc1cc(CC23CC4CC(CC(C4)C2)C3)ccc1O. The number of hydrogen-bond donors (Lipinski definition) is 1. The van der Waals surface area contributed by atoms with E-state index in [2.05, 4.69) is 6.07 Å². The van der Waals surface area contributed by atoms with Crippen LogP contribution in [0.4, 0.5) is 0 Å². The Balaban J connectivity index is 1.61. The molecule has 0 saturated heterocycles. The molecule has 0 aliphatic heterocycles. The van der Waals surface area contributed by atoms with Crippen LogP contribution < -0.4 is 0 Å². The van der Waals surface area contributed by atoms with Gasteiger partial charge in [0, 0.05) is 0 Å². The highest BCUT2D eigenvalue weighted by Gasteiger charge is 2.50. The van der Waals surface area contributed by atoms with E-state index >= 15 is 0 Å². The molecule has 1 N–H and O–H groups in total. The summed E-state index contributed by atoms with van der Waals surface area (Å²) in [5.74, 6) is 3.01. The molecule has 20 heavy (non-hydrogen) atoms. The van der Waals surface area contributed by atoms with Crippen molar-refractivity contribution in [2.45, 2.75) is 44.9 Å². The summed E-state index contributed by atoms with van der Waals surface area (Å²) in [6, 6.07) is 7.69. The van der Waals surface area contributed by atoms with Crippen LogP contribution in [0.2, 0.25) is 0 Å². The molecule has 104 valence electrons. The lowest BCUT2D eigenvalue weighted by molar-refractivity contribution is -0.0521. The van der Waals surface area contributed by atoms with Gasteiger partial charge in [0.2, 0.25) is 0 Å². The first-order valence-electron chi connectivity index (χ1n) is 7.88. The van der Waals surface area contributed by atoms with E-state index in [9.17, 15) is 5.11 Å². The first kappa shape index (κ1) is 12.3. The van der Waals surface area contributed by atoms with Gasteiger partial charge in [-0.1, -0.05) is 6.07 Å². The largest absolute Gasteiger partial charge is 0.507 e. The Morgan fingerprint density at radius 3 is 2.25 bits per heavy atom. The number of hydrogen-bond acceptors (Lipinski definition) is 2. The molecule has 0 unspecified atom stereocenters. The van der Waals surface area contributed by atoms with Gasteiger partial charge in [0.05, 0.1) is 5.56 Å².